The number of ether oxygens (including phenoxy) is 1. The average molecular weight is 368 g/mol. The molecule has 6 nitrogen and oxygen atoms in total. The first kappa shape index (κ1) is 19.1. The topological polar surface area (TPSA) is 67.3 Å². The van der Waals surface area contributed by atoms with Crippen LogP contribution in [0.5, 0.6) is 5.75 Å². The van der Waals surface area contributed by atoms with Crippen molar-refractivity contribution in [3.8, 4) is 5.75 Å². The summed E-state index contributed by atoms with van der Waals surface area (Å²) in [6, 6.07) is 7.86. The maximum atomic E-state index is 11.2. The van der Waals surface area contributed by atoms with Crippen molar-refractivity contribution in [3.63, 3.8) is 0 Å². The van der Waals surface area contributed by atoms with Crippen LogP contribution >= 0.6 is 0 Å². The lowest BCUT2D eigenvalue weighted by Gasteiger charge is -2.39. The minimum Gasteiger partial charge on any atom is -0.487 e. The molecule has 1 unspecified atom stereocenters. The van der Waals surface area contributed by atoms with Crippen LogP contribution in [0.1, 0.15) is 51.8 Å². The highest BCUT2D eigenvalue weighted by atomic mass is 16.5. The molecule has 0 bridgehead atoms. The molecule has 1 aromatic carbocycles. The van der Waals surface area contributed by atoms with Crippen LogP contribution < -0.4 is 15.0 Å². The summed E-state index contributed by atoms with van der Waals surface area (Å²) in [5, 5.41) is 2.88. The number of benzene rings is 1. The van der Waals surface area contributed by atoms with E-state index in [4.69, 9.17) is 4.74 Å². The Morgan fingerprint density at radius 2 is 1.78 bits per heavy atom. The SMILES string of the molecule is CC(=O)NC(C)c1ccc(OC2CN(c3ncc(C(C)(C)C)cn3)C2)cc1. The van der Waals surface area contributed by atoms with Crippen LogP contribution in [0.15, 0.2) is 36.7 Å². The summed E-state index contributed by atoms with van der Waals surface area (Å²) in [5.41, 5.74) is 2.25. The molecule has 1 aromatic heterocycles. The molecule has 2 aromatic rings. The summed E-state index contributed by atoms with van der Waals surface area (Å²) in [5.74, 6) is 1.56. The molecule has 0 saturated carbocycles. The highest BCUT2D eigenvalue weighted by molar-refractivity contribution is 5.73. The van der Waals surface area contributed by atoms with Gasteiger partial charge in [-0.2, -0.15) is 0 Å². The van der Waals surface area contributed by atoms with Crippen molar-refractivity contribution >= 4 is 11.9 Å². The maximum Gasteiger partial charge on any atom is 0.225 e. The Hall–Kier alpha value is -2.63. The maximum absolute atomic E-state index is 11.2. The summed E-state index contributed by atoms with van der Waals surface area (Å²) in [6.45, 7) is 11.5. The van der Waals surface area contributed by atoms with Crippen molar-refractivity contribution in [2.75, 3.05) is 18.0 Å². The summed E-state index contributed by atoms with van der Waals surface area (Å²) >= 11 is 0. The van der Waals surface area contributed by atoms with Crippen LogP contribution in [0.3, 0.4) is 0 Å². The Morgan fingerprint density at radius 1 is 1.19 bits per heavy atom. The summed E-state index contributed by atoms with van der Waals surface area (Å²) in [6.07, 6.45) is 3.95. The van der Waals surface area contributed by atoms with Gasteiger partial charge in [-0.05, 0) is 35.6 Å². The number of aromatic nitrogens is 2. The van der Waals surface area contributed by atoms with Crippen LogP contribution in [0, 0.1) is 0 Å². The van der Waals surface area contributed by atoms with Gasteiger partial charge in [0.05, 0.1) is 19.1 Å². The lowest BCUT2D eigenvalue weighted by atomic mass is 9.89. The van der Waals surface area contributed by atoms with E-state index < -0.39 is 0 Å². The van der Waals surface area contributed by atoms with Crippen molar-refractivity contribution in [1.82, 2.24) is 15.3 Å². The molecule has 1 aliphatic rings. The first-order valence-electron chi connectivity index (χ1n) is 9.33. The van der Waals surface area contributed by atoms with Gasteiger partial charge in [0.25, 0.3) is 0 Å². The number of anilines is 1. The Labute approximate surface area is 161 Å². The Kier molecular flexibility index (Phi) is 5.35. The number of nitrogens with one attached hydrogen (secondary N) is 1. The number of carbonyl (C=O) groups is 1. The first-order chi connectivity index (χ1) is 12.7. The van der Waals surface area contributed by atoms with Crippen molar-refractivity contribution < 1.29 is 9.53 Å². The van der Waals surface area contributed by atoms with Crippen LogP contribution in [-0.4, -0.2) is 35.1 Å². The molecule has 0 aliphatic carbocycles. The van der Waals surface area contributed by atoms with Crippen LogP contribution in [0.25, 0.3) is 0 Å². The molecule has 0 spiro atoms. The van der Waals surface area contributed by atoms with Gasteiger partial charge in [0.1, 0.15) is 11.9 Å². The Balaban J connectivity index is 1.51. The van der Waals surface area contributed by atoms with Gasteiger partial charge < -0.3 is 15.0 Å². The molecule has 1 amide bonds. The summed E-state index contributed by atoms with van der Waals surface area (Å²) < 4.78 is 6.01. The molecule has 2 heterocycles. The van der Waals surface area contributed by atoms with Crippen LogP contribution in [0.4, 0.5) is 5.95 Å². The zero-order valence-corrected chi connectivity index (χ0v) is 16.7. The molecule has 3 rings (SSSR count). The minimum atomic E-state index is -0.0323. The van der Waals surface area contributed by atoms with Gasteiger partial charge in [-0.3, -0.25) is 4.79 Å². The molecule has 1 N–H and O–H groups in total. The van der Waals surface area contributed by atoms with E-state index in [2.05, 4.69) is 41.0 Å². The lowest BCUT2D eigenvalue weighted by Crippen LogP contribution is -2.54. The minimum absolute atomic E-state index is 0.0102. The van der Waals surface area contributed by atoms with Crippen molar-refractivity contribution in [1.29, 1.82) is 0 Å². The predicted octanol–water partition coefficient (Wildman–Crippen LogP) is 3.24. The van der Waals surface area contributed by atoms with Gasteiger partial charge in [0.15, 0.2) is 0 Å². The number of rotatable bonds is 5. The molecule has 144 valence electrons. The van der Waals surface area contributed by atoms with Gasteiger partial charge in [-0.15, -0.1) is 0 Å². The van der Waals surface area contributed by atoms with Gasteiger partial charge in [-0.25, -0.2) is 9.97 Å². The monoisotopic (exact) mass is 368 g/mol. The van der Waals surface area contributed by atoms with E-state index in [-0.39, 0.29) is 23.5 Å². The van der Waals surface area contributed by atoms with Crippen molar-refractivity contribution in [2.24, 2.45) is 0 Å². The first-order valence-corrected chi connectivity index (χ1v) is 9.33. The normalized spacial score (nSPS) is 15.8. The number of carbonyl (C=O) groups excluding carboxylic acids is 1. The largest absolute Gasteiger partial charge is 0.487 e. The molecule has 1 aliphatic heterocycles. The standard InChI is InChI=1S/C21H28N4O2/c1-14(24-15(2)26)16-6-8-18(9-7-16)27-19-12-25(13-19)20-22-10-17(11-23-20)21(3,4)5/h6-11,14,19H,12-13H2,1-5H3,(H,24,26). The molecule has 6 heteroatoms. The molecule has 0 radical (unpaired) electrons. The van der Waals surface area contributed by atoms with Gasteiger partial charge in [-0.1, -0.05) is 32.9 Å². The lowest BCUT2D eigenvalue weighted by molar-refractivity contribution is -0.119. The predicted molar refractivity (Wildman–Crippen MR) is 106 cm³/mol. The fraction of sp³-hybridized carbons (Fsp3) is 0.476. The van der Waals surface area contributed by atoms with Gasteiger partial charge in [0.2, 0.25) is 11.9 Å². The van der Waals surface area contributed by atoms with E-state index >= 15 is 0 Å². The van der Waals surface area contributed by atoms with E-state index in [1.165, 1.54) is 6.92 Å². The second kappa shape index (κ2) is 7.55. The number of hydrogen-bond acceptors (Lipinski definition) is 5. The average Bonchev–Trinajstić information content (AvgIpc) is 2.57. The Bertz CT molecular complexity index is 775. The molecule has 1 saturated heterocycles. The molecule has 1 atom stereocenters. The van der Waals surface area contributed by atoms with E-state index in [9.17, 15) is 4.79 Å². The smallest absolute Gasteiger partial charge is 0.225 e. The molecular weight excluding hydrogens is 340 g/mol. The number of amides is 1. The number of hydrogen-bond donors (Lipinski definition) is 1. The second-order valence-electron chi connectivity index (χ2n) is 8.16. The van der Waals surface area contributed by atoms with E-state index in [0.717, 1.165) is 35.9 Å². The zero-order chi connectivity index (χ0) is 19.6. The molecule has 1 fully saturated rings. The highest BCUT2D eigenvalue weighted by Crippen LogP contribution is 2.25. The summed E-state index contributed by atoms with van der Waals surface area (Å²) in [4.78, 5) is 22.2. The third-order valence-corrected chi connectivity index (χ3v) is 4.74. The Morgan fingerprint density at radius 3 is 2.30 bits per heavy atom. The highest BCUT2D eigenvalue weighted by Gasteiger charge is 2.30. The summed E-state index contributed by atoms with van der Waals surface area (Å²) in [7, 11) is 0. The van der Waals surface area contributed by atoms with Crippen molar-refractivity contribution in [3.05, 3.63) is 47.8 Å². The van der Waals surface area contributed by atoms with E-state index in [1.54, 1.807) is 0 Å². The van der Waals surface area contributed by atoms with E-state index in [1.807, 2.05) is 43.6 Å². The molecular formula is C21H28N4O2. The fourth-order valence-corrected chi connectivity index (χ4v) is 2.96. The van der Waals surface area contributed by atoms with Crippen LogP contribution in [0.2, 0.25) is 0 Å². The second-order valence-corrected chi connectivity index (χ2v) is 8.16. The van der Waals surface area contributed by atoms with E-state index in [0.29, 0.717) is 0 Å². The van der Waals surface area contributed by atoms with Gasteiger partial charge in [0, 0.05) is 19.3 Å². The third-order valence-electron chi connectivity index (χ3n) is 4.74. The quantitative estimate of drug-likeness (QED) is 0.878. The van der Waals surface area contributed by atoms with Crippen LogP contribution in [-0.2, 0) is 10.2 Å². The zero-order valence-electron chi connectivity index (χ0n) is 16.7. The fourth-order valence-electron chi connectivity index (χ4n) is 2.96. The third kappa shape index (κ3) is 4.76. The van der Waals surface area contributed by atoms with Crippen molar-refractivity contribution in [2.45, 2.75) is 52.2 Å². The van der Waals surface area contributed by atoms with Gasteiger partial charge >= 0.3 is 0 Å². The molecule has 27 heavy (non-hydrogen) atoms. The number of nitrogens with zero attached hydrogens (tertiary/aromatic N) is 3.